The first-order valence-electron chi connectivity index (χ1n) is 9.50. The fourth-order valence-corrected chi connectivity index (χ4v) is 3.66. The Morgan fingerprint density at radius 1 is 1.14 bits per heavy atom. The number of methoxy groups -OCH3 is 2. The molecule has 0 unspecified atom stereocenters. The van der Waals surface area contributed by atoms with Gasteiger partial charge in [-0.15, -0.1) is 0 Å². The molecule has 1 aromatic carbocycles. The third-order valence-corrected chi connectivity index (χ3v) is 5.31. The molecular formula is C20H24N6O3. The summed E-state index contributed by atoms with van der Waals surface area (Å²) in [5.74, 6) is 2.00. The highest BCUT2D eigenvalue weighted by atomic mass is 16.5. The quantitative estimate of drug-likeness (QED) is 0.707. The minimum absolute atomic E-state index is 0.0122. The van der Waals surface area contributed by atoms with Crippen LogP contribution in [0.25, 0.3) is 11.2 Å². The number of carbonyl (C=O) groups is 1. The van der Waals surface area contributed by atoms with Crippen molar-refractivity contribution in [2.24, 2.45) is 13.0 Å². The van der Waals surface area contributed by atoms with Gasteiger partial charge in [0, 0.05) is 32.1 Å². The molecule has 0 atom stereocenters. The van der Waals surface area contributed by atoms with Gasteiger partial charge in [-0.05, 0) is 25.0 Å². The number of nitrogens with one attached hydrogen (secondary N) is 1. The van der Waals surface area contributed by atoms with Crippen LogP contribution in [0.3, 0.4) is 0 Å². The van der Waals surface area contributed by atoms with Gasteiger partial charge in [0.2, 0.25) is 5.91 Å². The second kappa shape index (κ2) is 7.94. The van der Waals surface area contributed by atoms with E-state index in [0.717, 1.165) is 42.9 Å². The molecular weight excluding hydrogens is 372 g/mol. The van der Waals surface area contributed by atoms with Gasteiger partial charge in [0.15, 0.2) is 17.0 Å². The maximum atomic E-state index is 12.8. The van der Waals surface area contributed by atoms with Crippen LogP contribution in [-0.2, 0) is 11.8 Å². The van der Waals surface area contributed by atoms with Crippen LogP contribution < -0.4 is 19.7 Å². The molecule has 0 bridgehead atoms. The molecule has 9 heteroatoms. The van der Waals surface area contributed by atoms with E-state index in [9.17, 15) is 4.79 Å². The summed E-state index contributed by atoms with van der Waals surface area (Å²) in [6.07, 6.45) is 4.77. The van der Waals surface area contributed by atoms with Gasteiger partial charge in [-0.3, -0.25) is 4.79 Å². The Bertz CT molecular complexity index is 1030. The van der Waals surface area contributed by atoms with Gasteiger partial charge in [-0.25, -0.2) is 15.0 Å². The smallest absolute Gasteiger partial charge is 0.227 e. The van der Waals surface area contributed by atoms with Crippen molar-refractivity contribution in [3.05, 3.63) is 30.9 Å². The van der Waals surface area contributed by atoms with Crippen LogP contribution in [0, 0.1) is 5.92 Å². The Morgan fingerprint density at radius 3 is 2.66 bits per heavy atom. The molecule has 152 valence electrons. The normalized spacial score (nSPS) is 14.8. The van der Waals surface area contributed by atoms with Crippen molar-refractivity contribution < 1.29 is 14.3 Å². The Hall–Kier alpha value is -3.36. The molecule has 2 aromatic heterocycles. The number of nitrogens with zero attached hydrogens (tertiary/aromatic N) is 5. The monoisotopic (exact) mass is 396 g/mol. The van der Waals surface area contributed by atoms with Gasteiger partial charge in [0.1, 0.15) is 17.8 Å². The molecule has 0 aliphatic carbocycles. The van der Waals surface area contributed by atoms with E-state index in [0.29, 0.717) is 17.2 Å². The van der Waals surface area contributed by atoms with E-state index in [2.05, 4.69) is 25.2 Å². The summed E-state index contributed by atoms with van der Waals surface area (Å²) in [5.41, 5.74) is 2.21. The van der Waals surface area contributed by atoms with Crippen LogP contribution >= 0.6 is 0 Å². The van der Waals surface area contributed by atoms with E-state index in [1.54, 1.807) is 45.1 Å². The van der Waals surface area contributed by atoms with Gasteiger partial charge < -0.3 is 24.3 Å². The largest absolute Gasteiger partial charge is 0.497 e. The fourth-order valence-electron chi connectivity index (χ4n) is 3.66. The zero-order chi connectivity index (χ0) is 20.4. The lowest BCUT2D eigenvalue weighted by Gasteiger charge is -2.32. The third-order valence-electron chi connectivity index (χ3n) is 5.31. The molecule has 4 rings (SSSR count). The molecule has 1 aliphatic rings. The van der Waals surface area contributed by atoms with Crippen molar-refractivity contribution in [1.29, 1.82) is 0 Å². The lowest BCUT2D eigenvalue weighted by Crippen LogP contribution is -2.38. The Morgan fingerprint density at radius 2 is 1.93 bits per heavy atom. The number of hydrogen-bond acceptors (Lipinski definition) is 7. The Kier molecular flexibility index (Phi) is 5.20. The molecule has 0 saturated carbocycles. The number of amides is 1. The molecule has 1 N–H and O–H groups in total. The number of piperidine rings is 1. The lowest BCUT2D eigenvalue weighted by molar-refractivity contribution is -0.120. The predicted octanol–water partition coefficient (Wildman–Crippen LogP) is 2.24. The summed E-state index contributed by atoms with van der Waals surface area (Å²) in [5, 5.41) is 2.99. The van der Waals surface area contributed by atoms with E-state index in [-0.39, 0.29) is 11.8 Å². The first-order valence-corrected chi connectivity index (χ1v) is 9.50. The number of carbonyl (C=O) groups excluding carboxylic acids is 1. The summed E-state index contributed by atoms with van der Waals surface area (Å²) < 4.78 is 12.5. The second-order valence-corrected chi connectivity index (χ2v) is 7.04. The van der Waals surface area contributed by atoms with Crippen molar-refractivity contribution >= 4 is 28.6 Å². The summed E-state index contributed by atoms with van der Waals surface area (Å²) in [7, 11) is 5.08. The van der Waals surface area contributed by atoms with E-state index in [1.165, 1.54) is 0 Å². The molecule has 1 fully saturated rings. The number of hydrogen-bond donors (Lipinski definition) is 1. The highest BCUT2D eigenvalue weighted by Gasteiger charge is 2.27. The zero-order valence-electron chi connectivity index (χ0n) is 16.8. The number of anilines is 2. The summed E-state index contributed by atoms with van der Waals surface area (Å²) in [6, 6.07) is 5.35. The van der Waals surface area contributed by atoms with Gasteiger partial charge in [0.25, 0.3) is 0 Å². The van der Waals surface area contributed by atoms with Crippen molar-refractivity contribution in [2.75, 3.05) is 37.5 Å². The lowest BCUT2D eigenvalue weighted by atomic mass is 9.95. The minimum Gasteiger partial charge on any atom is -0.497 e. The molecule has 29 heavy (non-hydrogen) atoms. The number of fused-ring (bicyclic) bond motifs is 1. The highest BCUT2D eigenvalue weighted by molar-refractivity contribution is 5.94. The van der Waals surface area contributed by atoms with Gasteiger partial charge in [-0.2, -0.15) is 0 Å². The SMILES string of the molecule is COc1ccc(OC)c(NC(=O)C2CCN(c3ncnc4c3ncn4C)CC2)c1. The molecule has 1 saturated heterocycles. The van der Waals surface area contributed by atoms with Crippen molar-refractivity contribution in [2.45, 2.75) is 12.8 Å². The van der Waals surface area contributed by atoms with Crippen LogP contribution in [0.5, 0.6) is 11.5 Å². The second-order valence-electron chi connectivity index (χ2n) is 7.04. The van der Waals surface area contributed by atoms with Crippen LogP contribution in [0.4, 0.5) is 11.5 Å². The Balaban J connectivity index is 1.44. The summed E-state index contributed by atoms with van der Waals surface area (Å²) in [6.45, 7) is 1.46. The summed E-state index contributed by atoms with van der Waals surface area (Å²) >= 11 is 0. The maximum Gasteiger partial charge on any atom is 0.227 e. The number of ether oxygens (including phenoxy) is 2. The molecule has 3 heterocycles. The molecule has 1 amide bonds. The zero-order valence-corrected chi connectivity index (χ0v) is 16.8. The average Bonchev–Trinajstić information content (AvgIpc) is 3.15. The molecule has 0 spiro atoms. The van der Waals surface area contributed by atoms with Gasteiger partial charge in [0.05, 0.1) is 26.2 Å². The van der Waals surface area contributed by atoms with Crippen LogP contribution in [0.15, 0.2) is 30.9 Å². The topological polar surface area (TPSA) is 94.4 Å². The molecule has 1 aliphatic heterocycles. The van der Waals surface area contributed by atoms with Crippen molar-refractivity contribution in [1.82, 2.24) is 19.5 Å². The predicted molar refractivity (Wildman–Crippen MR) is 109 cm³/mol. The number of imidazole rings is 1. The van der Waals surface area contributed by atoms with Crippen LogP contribution in [0.2, 0.25) is 0 Å². The van der Waals surface area contributed by atoms with Crippen molar-refractivity contribution in [3.63, 3.8) is 0 Å². The fraction of sp³-hybridized carbons (Fsp3) is 0.400. The average molecular weight is 396 g/mol. The van der Waals surface area contributed by atoms with E-state index < -0.39 is 0 Å². The minimum atomic E-state index is -0.0804. The third kappa shape index (κ3) is 3.67. The van der Waals surface area contributed by atoms with E-state index >= 15 is 0 Å². The van der Waals surface area contributed by atoms with Crippen LogP contribution in [0.1, 0.15) is 12.8 Å². The molecule has 0 radical (unpaired) electrons. The highest BCUT2D eigenvalue weighted by Crippen LogP contribution is 2.31. The van der Waals surface area contributed by atoms with Gasteiger partial charge >= 0.3 is 0 Å². The van der Waals surface area contributed by atoms with E-state index in [4.69, 9.17) is 9.47 Å². The van der Waals surface area contributed by atoms with Crippen LogP contribution in [-0.4, -0.2) is 52.7 Å². The Labute approximate surface area is 168 Å². The number of aromatic nitrogens is 4. The first kappa shape index (κ1) is 19.0. The molecule has 3 aromatic rings. The standard InChI is InChI=1S/C20H24N6O3/c1-25-12-23-17-18(25)21-11-22-19(17)26-8-6-13(7-9-26)20(27)24-15-10-14(28-2)4-5-16(15)29-3/h4-5,10-13H,6-9H2,1-3H3,(H,24,27). The van der Waals surface area contributed by atoms with Gasteiger partial charge in [-0.1, -0.05) is 0 Å². The number of aryl methyl sites for hydroxylation is 1. The molecule has 9 nitrogen and oxygen atoms in total. The van der Waals surface area contributed by atoms with E-state index in [1.807, 2.05) is 11.6 Å². The maximum absolute atomic E-state index is 12.8. The summed E-state index contributed by atoms with van der Waals surface area (Å²) in [4.78, 5) is 28.2. The first-order chi connectivity index (χ1) is 14.1. The number of benzene rings is 1. The van der Waals surface area contributed by atoms with Crippen molar-refractivity contribution in [3.8, 4) is 11.5 Å². The number of rotatable bonds is 5.